The van der Waals surface area contributed by atoms with Gasteiger partial charge in [-0.25, -0.2) is 4.98 Å². The van der Waals surface area contributed by atoms with Gasteiger partial charge >= 0.3 is 0 Å². The normalized spacial score (nSPS) is 14.0. The number of aromatic nitrogens is 1. The molecule has 0 unspecified atom stereocenters. The lowest BCUT2D eigenvalue weighted by Gasteiger charge is -2.21. The Hall–Kier alpha value is -2.64. The Labute approximate surface area is 209 Å². The van der Waals surface area contributed by atoms with Crippen LogP contribution in [0.4, 0.5) is 5.13 Å². The van der Waals surface area contributed by atoms with Crippen LogP contribution in [0.1, 0.15) is 54.9 Å². The summed E-state index contributed by atoms with van der Waals surface area (Å²) in [6.07, 6.45) is 7.26. The molecule has 0 atom stereocenters. The van der Waals surface area contributed by atoms with Gasteiger partial charge < -0.3 is 5.32 Å². The molecule has 0 aliphatic heterocycles. The number of hydrogen-bond acceptors (Lipinski definition) is 5. The molecular weight excluding hydrogens is 462 g/mol. The molecule has 2 N–H and O–H groups in total. The van der Waals surface area contributed by atoms with Crippen molar-refractivity contribution in [3.63, 3.8) is 0 Å². The Balaban J connectivity index is 1.33. The molecule has 178 valence electrons. The fourth-order valence-electron chi connectivity index (χ4n) is 4.16. The van der Waals surface area contributed by atoms with Gasteiger partial charge in [-0.05, 0) is 42.9 Å². The summed E-state index contributed by atoms with van der Waals surface area (Å²) >= 11 is 2.80. The van der Waals surface area contributed by atoms with E-state index in [0.29, 0.717) is 22.4 Å². The van der Waals surface area contributed by atoms with Crippen LogP contribution in [0.5, 0.6) is 0 Å². The number of nitrogens with one attached hydrogen (secondary N) is 2. The maximum Gasteiger partial charge on any atom is 0.258 e. The van der Waals surface area contributed by atoms with Gasteiger partial charge in [-0.3, -0.25) is 14.9 Å². The Kier molecular flexibility index (Phi) is 8.77. The minimum atomic E-state index is -0.215. The van der Waals surface area contributed by atoms with Gasteiger partial charge in [0.05, 0.1) is 17.0 Å². The monoisotopic (exact) mass is 493 g/mol. The number of amides is 2. The van der Waals surface area contributed by atoms with Crippen molar-refractivity contribution in [1.29, 1.82) is 0 Å². The number of rotatable bonds is 9. The lowest BCUT2D eigenvalue weighted by molar-refractivity contribution is -0.118. The average Bonchev–Trinajstić information content (AvgIpc) is 3.35. The minimum absolute atomic E-state index is 0.0180. The van der Waals surface area contributed by atoms with Gasteiger partial charge in [0, 0.05) is 22.4 Å². The van der Waals surface area contributed by atoms with Crippen LogP contribution in [0.3, 0.4) is 0 Å². The molecular formula is C27H31N3O2S2. The van der Waals surface area contributed by atoms with Crippen molar-refractivity contribution >= 4 is 40.0 Å². The molecule has 34 heavy (non-hydrogen) atoms. The Morgan fingerprint density at radius 3 is 2.59 bits per heavy atom. The van der Waals surface area contributed by atoms with E-state index < -0.39 is 0 Å². The summed E-state index contributed by atoms with van der Waals surface area (Å²) in [6, 6.07) is 15.7. The van der Waals surface area contributed by atoms with Crippen molar-refractivity contribution in [2.75, 3.05) is 17.6 Å². The average molecular weight is 494 g/mol. The van der Waals surface area contributed by atoms with Crippen molar-refractivity contribution < 1.29 is 9.59 Å². The topological polar surface area (TPSA) is 71.1 Å². The smallest absolute Gasteiger partial charge is 0.258 e. The van der Waals surface area contributed by atoms with Crippen molar-refractivity contribution in [1.82, 2.24) is 10.3 Å². The standard InChI is InChI=1S/C27H31N3O2S2/c1-2-19-12-14-21(15-13-19)23-17-34-27(29-23)30-26(32)22-10-6-7-11-24(22)33-18-25(31)28-16-20-8-4-3-5-9-20/h6-7,10-15,17,20H,2-5,8-9,16,18H2,1H3,(H,28,31)(H,29,30,32). The van der Waals surface area contributed by atoms with Crippen molar-refractivity contribution in [2.45, 2.75) is 50.3 Å². The van der Waals surface area contributed by atoms with Crippen LogP contribution < -0.4 is 10.6 Å². The molecule has 7 heteroatoms. The zero-order valence-corrected chi connectivity index (χ0v) is 21.1. The minimum Gasteiger partial charge on any atom is -0.355 e. The van der Waals surface area contributed by atoms with Crippen molar-refractivity contribution in [3.8, 4) is 11.3 Å². The second kappa shape index (κ2) is 12.2. The highest BCUT2D eigenvalue weighted by atomic mass is 32.2. The molecule has 0 saturated heterocycles. The van der Waals surface area contributed by atoms with Crippen LogP contribution in [-0.2, 0) is 11.2 Å². The molecule has 2 aromatic carbocycles. The highest BCUT2D eigenvalue weighted by Crippen LogP contribution is 2.28. The van der Waals surface area contributed by atoms with Crippen molar-refractivity contribution in [2.24, 2.45) is 5.92 Å². The van der Waals surface area contributed by atoms with E-state index in [-0.39, 0.29) is 11.8 Å². The number of nitrogens with zero attached hydrogens (tertiary/aromatic N) is 1. The fourth-order valence-corrected chi connectivity index (χ4v) is 5.76. The quantitative estimate of drug-likeness (QED) is 0.338. The molecule has 3 aromatic rings. The molecule has 4 rings (SSSR count). The first kappa shape index (κ1) is 24.5. The van der Waals surface area contributed by atoms with Gasteiger partial charge in [-0.1, -0.05) is 62.6 Å². The van der Waals surface area contributed by atoms with Crippen LogP contribution in [-0.4, -0.2) is 29.1 Å². The number of benzene rings is 2. The number of hydrogen-bond donors (Lipinski definition) is 2. The molecule has 2 amide bonds. The number of thioether (sulfide) groups is 1. The first-order chi connectivity index (χ1) is 16.6. The molecule has 1 heterocycles. The van der Waals surface area contributed by atoms with Crippen LogP contribution >= 0.6 is 23.1 Å². The molecule has 0 radical (unpaired) electrons. The summed E-state index contributed by atoms with van der Waals surface area (Å²) < 4.78 is 0. The molecule has 1 fully saturated rings. The third-order valence-corrected chi connectivity index (χ3v) is 8.02. The van der Waals surface area contributed by atoms with Gasteiger partial charge in [0.1, 0.15) is 0 Å². The lowest BCUT2D eigenvalue weighted by atomic mass is 9.89. The SMILES string of the molecule is CCc1ccc(-c2csc(NC(=O)c3ccccc3SCC(=O)NCC3CCCCC3)n2)cc1. The molecule has 0 bridgehead atoms. The molecule has 1 aromatic heterocycles. The third kappa shape index (κ3) is 6.70. The van der Waals surface area contributed by atoms with Crippen molar-refractivity contribution in [3.05, 3.63) is 65.0 Å². The first-order valence-electron chi connectivity index (χ1n) is 12.0. The second-order valence-corrected chi connectivity index (χ2v) is 10.5. The van der Waals surface area contributed by atoms with Crippen LogP contribution in [0, 0.1) is 5.92 Å². The van der Waals surface area contributed by atoms with E-state index in [1.54, 1.807) is 6.07 Å². The third-order valence-electron chi connectivity index (χ3n) is 6.19. The van der Waals surface area contributed by atoms with E-state index in [1.165, 1.54) is 60.8 Å². The van der Waals surface area contributed by atoms with Crippen LogP contribution in [0.15, 0.2) is 58.8 Å². The fraction of sp³-hybridized carbons (Fsp3) is 0.370. The van der Waals surface area contributed by atoms with Gasteiger partial charge in [0.25, 0.3) is 5.91 Å². The predicted molar refractivity (Wildman–Crippen MR) is 142 cm³/mol. The van der Waals surface area contributed by atoms with Crippen LogP contribution in [0.2, 0.25) is 0 Å². The van der Waals surface area contributed by atoms with Gasteiger partial charge in [0.15, 0.2) is 5.13 Å². The highest BCUT2D eigenvalue weighted by Gasteiger charge is 2.17. The molecule has 1 saturated carbocycles. The summed E-state index contributed by atoms with van der Waals surface area (Å²) in [5.41, 5.74) is 3.71. The predicted octanol–water partition coefficient (Wildman–Crippen LogP) is 6.41. The van der Waals surface area contributed by atoms with E-state index in [9.17, 15) is 9.59 Å². The molecule has 1 aliphatic rings. The van der Waals surface area contributed by atoms with E-state index in [4.69, 9.17) is 0 Å². The zero-order valence-electron chi connectivity index (χ0n) is 19.5. The first-order valence-corrected chi connectivity index (χ1v) is 13.8. The Morgan fingerprint density at radius 2 is 1.82 bits per heavy atom. The molecule has 5 nitrogen and oxygen atoms in total. The largest absolute Gasteiger partial charge is 0.355 e. The van der Waals surface area contributed by atoms with Crippen LogP contribution in [0.25, 0.3) is 11.3 Å². The Morgan fingerprint density at radius 1 is 1.06 bits per heavy atom. The molecule has 0 spiro atoms. The van der Waals surface area contributed by atoms with Gasteiger partial charge in [0.2, 0.25) is 5.91 Å². The second-order valence-electron chi connectivity index (χ2n) is 8.64. The molecule has 1 aliphatic carbocycles. The zero-order chi connectivity index (χ0) is 23.8. The van der Waals surface area contributed by atoms with E-state index >= 15 is 0 Å². The van der Waals surface area contributed by atoms with E-state index in [0.717, 1.165) is 29.1 Å². The van der Waals surface area contributed by atoms with Gasteiger partial charge in [-0.15, -0.1) is 23.1 Å². The number of aryl methyl sites for hydroxylation is 1. The van der Waals surface area contributed by atoms with E-state index in [1.807, 2.05) is 23.6 Å². The number of anilines is 1. The maximum atomic E-state index is 13.0. The number of carbonyl (C=O) groups excluding carboxylic acids is 2. The summed E-state index contributed by atoms with van der Waals surface area (Å²) in [5.74, 6) is 0.706. The van der Waals surface area contributed by atoms with Gasteiger partial charge in [-0.2, -0.15) is 0 Å². The Bertz CT molecular complexity index is 1110. The number of carbonyl (C=O) groups is 2. The highest BCUT2D eigenvalue weighted by molar-refractivity contribution is 8.00. The summed E-state index contributed by atoms with van der Waals surface area (Å²) in [5, 5.41) is 8.50. The van der Waals surface area contributed by atoms with E-state index in [2.05, 4.69) is 46.8 Å². The maximum absolute atomic E-state index is 13.0. The summed E-state index contributed by atoms with van der Waals surface area (Å²) in [7, 11) is 0. The number of thiazole rings is 1. The lowest BCUT2D eigenvalue weighted by Crippen LogP contribution is -2.31. The summed E-state index contributed by atoms with van der Waals surface area (Å²) in [4.78, 5) is 30.7. The summed E-state index contributed by atoms with van der Waals surface area (Å²) in [6.45, 7) is 2.89.